The van der Waals surface area contributed by atoms with Crippen LogP contribution in [0.3, 0.4) is 0 Å². The summed E-state index contributed by atoms with van der Waals surface area (Å²) in [5, 5.41) is 4.23. The molecule has 1 aromatic rings. The molecule has 108 valence electrons. The number of nitrogens with zero attached hydrogens (tertiary/aromatic N) is 1. The van der Waals surface area contributed by atoms with E-state index in [1.165, 1.54) is 18.4 Å². The van der Waals surface area contributed by atoms with Gasteiger partial charge in [-0.2, -0.15) is 0 Å². The molecule has 2 fully saturated rings. The van der Waals surface area contributed by atoms with Crippen LogP contribution < -0.4 is 14.8 Å². The van der Waals surface area contributed by atoms with E-state index >= 15 is 0 Å². The Kier molecular flexibility index (Phi) is 3.25. The van der Waals surface area contributed by atoms with E-state index in [1.54, 1.807) is 0 Å². The topological polar surface area (TPSA) is 33.7 Å². The summed E-state index contributed by atoms with van der Waals surface area (Å²) < 4.78 is 10.9. The molecule has 0 bridgehead atoms. The van der Waals surface area contributed by atoms with Crippen LogP contribution in [-0.4, -0.2) is 37.9 Å². The summed E-state index contributed by atoms with van der Waals surface area (Å²) in [7, 11) is 0. The summed E-state index contributed by atoms with van der Waals surface area (Å²) >= 11 is 6.52. The smallest absolute Gasteiger partial charge is 0.231 e. The molecule has 5 heteroatoms. The third-order valence-corrected chi connectivity index (χ3v) is 4.75. The normalized spacial score (nSPS) is 23.9. The van der Waals surface area contributed by atoms with Gasteiger partial charge < -0.3 is 14.8 Å². The van der Waals surface area contributed by atoms with Crippen LogP contribution in [0.25, 0.3) is 0 Å². The van der Waals surface area contributed by atoms with Gasteiger partial charge in [0.1, 0.15) is 0 Å². The first-order valence-corrected chi connectivity index (χ1v) is 7.74. The van der Waals surface area contributed by atoms with Crippen molar-refractivity contribution in [3.63, 3.8) is 0 Å². The zero-order valence-electron chi connectivity index (χ0n) is 11.4. The maximum atomic E-state index is 6.52. The quantitative estimate of drug-likeness (QED) is 0.928. The van der Waals surface area contributed by atoms with Crippen molar-refractivity contribution in [2.75, 3.05) is 33.0 Å². The molecule has 1 aliphatic carbocycles. The van der Waals surface area contributed by atoms with Crippen molar-refractivity contribution >= 4 is 11.6 Å². The van der Waals surface area contributed by atoms with E-state index in [9.17, 15) is 0 Å². The van der Waals surface area contributed by atoms with Crippen LogP contribution in [0, 0.1) is 5.92 Å². The van der Waals surface area contributed by atoms with Crippen LogP contribution in [-0.2, 0) is 0 Å². The van der Waals surface area contributed by atoms with Crippen molar-refractivity contribution in [1.29, 1.82) is 0 Å². The van der Waals surface area contributed by atoms with Crippen LogP contribution in [0.4, 0.5) is 0 Å². The molecule has 0 amide bonds. The van der Waals surface area contributed by atoms with Gasteiger partial charge in [-0.15, -0.1) is 0 Å². The second-order valence-electron chi connectivity index (χ2n) is 5.80. The molecule has 0 aromatic heterocycles. The maximum Gasteiger partial charge on any atom is 0.231 e. The van der Waals surface area contributed by atoms with E-state index in [-0.39, 0.29) is 0 Å². The van der Waals surface area contributed by atoms with Crippen LogP contribution in [0.1, 0.15) is 24.4 Å². The summed E-state index contributed by atoms with van der Waals surface area (Å²) in [6.45, 7) is 4.60. The highest BCUT2D eigenvalue weighted by Crippen LogP contribution is 2.49. The highest BCUT2D eigenvalue weighted by atomic mass is 35.5. The molecular formula is C15H19ClN2O2. The third kappa shape index (κ3) is 2.26. The summed E-state index contributed by atoms with van der Waals surface area (Å²) in [5.74, 6) is 2.35. The molecule has 1 saturated carbocycles. The first-order chi connectivity index (χ1) is 9.83. The highest BCUT2D eigenvalue weighted by molar-refractivity contribution is 6.31. The Labute approximate surface area is 124 Å². The van der Waals surface area contributed by atoms with E-state index in [1.807, 2.05) is 6.07 Å². The molecule has 2 aliphatic heterocycles. The summed E-state index contributed by atoms with van der Waals surface area (Å²) in [6.07, 6.45) is 2.61. The lowest BCUT2D eigenvalue weighted by molar-refractivity contribution is 0.155. The van der Waals surface area contributed by atoms with Crippen LogP contribution in [0.2, 0.25) is 5.02 Å². The molecule has 20 heavy (non-hydrogen) atoms. The molecular weight excluding hydrogens is 276 g/mol. The van der Waals surface area contributed by atoms with E-state index in [2.05, 4.69) is 16.3 Å². The summed E-state index contributed by atoms with van der Waals surface area (Å²) in [4.78, 5) is 2.57. The number of rotatable bonds is 3. The minimum absolute atomic E-state index is 0.302. The largest absolute Gasteiger partial charge is 0.454 e. The number of halogens is 1. The average molecular weight is 295 g/mol. The van der Waals surface area contributed by atoms with Gasteiger partial charge in [0.15, 0.2) is 11.5 Å². The van der Waals surface area contributed by atoms with Crippen molar-refractivity contribution in [2.45, 2.75) is 18.9 Å². The number of fused-ring (bicyclic) bond motifs is 1. The number of piperazine rings is 1. The highest BCUT2D eigenvalue weighted by Gasteiger charge is 2.38. The lowest BCUT2D eigenvalue weighted by atomic mass is 9.99. The summed E-state index contributed by atoms with van der Waals surface area (Å²) in [6, 6.07) is 4.44. The van der Waals surface area contributed by atoms with Gasteiger partial charge in [0.05, 0.1) is 0 Å². The number of benzene rings is 1. The first-order valence-electron chi connectivity index (χ1n) is 7.37. The molecule has 0 unspecified atom stereocenters. The van der Waals surface area contributed by atoms with Crippen molar-refractivity contribution < 1.29 is 9.47 Å². The van der Waals surface area contributed by atoms with E-state index < -0.39 is 0 Å². The van der Waals surface area contributed by atoms with Gasteiger partial charge >= 0.3 is 0 Å². The third-order valence-electron chi connectivity index (χ3n) is 4.42. The molecule has 1 aromatic carbocycles. The Morgan fingerprint density at radius 1 is 1.15 bits per heavy atom. The maximum absolute atomic E-state index is 6.52. The SMILES string of the molecule is Clc1cc2c(cc1[C@@H](C1CC1)N1CCNCC1)OCO2. The lowest BCUT2D eigenvalue weighted by Crippen LogP contribution is -2.45. The molecule has 0 radical (unpaired) electrons. The van der Waals surface area contributed by atoms with Gasteiger partial charge in [0, 0.05) is 43.3 Å². The van der Waals surface area contributed by atoms with Crippen LogP contribution in [0.5, 0.6) is 11.5 Å². The number of ether oxygens (including phenoxy) is 2. The average Bonchev–Trinajstić information content (AvgIpc) is 3.19. The molecule has 1 saturated heterocycles. The predicted octanol–water partition coefficient (Wildman–Crippen LogP) is 2.43. The van der Waals surface area contributed by atoms with Gasteiger partial charge in [-0.3, -0.25) is 4.90 Å². The fourth-order valence-electron chi connectivity index (χ4n) is 3.28. The molecule has 1 N–H and O–H groups in total. The van der Waals surface area contributed by atoms with Gasteiger partial charge in [0.2, 0.25) is 6.79 Å². The van der Waals surface area contributed by atoms with Gasteiger partial charge in [-0.25, -0.2) is 0 Å². The predicted molar refractivity (Wildman–Crippen MR) is 77.5 cm³/mol. The monoisotopic (exact) mass is 294 g/mol. The minimum Gasteiger partial charge on any atom is -0.454 e. The fraction of sp³-hybridized carbons (Fsp3) is 0.600. The number of hydrogen-bond donors (Lipinski definition) is 1. The first kappa shape index (κ1) is 12.7. The Morgan fingerprint density at radius 3 is 2.55 bits per heavy atom. The van der Waals surface area contributed by atoms with Crippen molar-refractivity contribution in [3.8, 4) is 11.5 Å². The second kappa shape index (κ2) is 5.10. The van der Waals surface area contributed by atoms with E-state index in [0.29, 0.717) is 12.8 Å². The van der Waals surface area contributed by atoms with Crippen molar-refractivity contribution in [3.05, 3.63) is 22.7 Å². The Hall–Kier alpha value is -0.970. The van der Waals surface area contributed by atoms with E-state index in [4.69, 9.17) is 21.1 Å². The lowest BCUT2D eigenvalue weighted by Gasteiger charge is -2.36. The molecule has 4 rings (SSSR count). The Balaban J connectivity index is 1.69. The number of hydrogen-bond acceptors (Lipinski definition) is 4. The second-order valence-corrected chi connectivity index (χ2v) is 6.20. The standard InChI is InChI=1S/C15H19ClN2O2/c16-12-8-14-13(19-9-20-14)7-11(12)15(10-1-2-10)18-5-3-17-4-6-18/h7-8,10,15,17H,1-6,9H2/t15-/m1/s1. The summed E-state index contributed by atoms with van der Waals surface area (Å²) in [5.41, 5.74) is 1.21. The zero-order chi connectivity index (χ0) is 13.5. The molecule has 2 heterocycles. The minimum atomic E-state index is 0.302. The molecule has 1 atom stereocenters. The van der Waals surface area contributed by atoms with Crippen molar-refractivity contribution in [1.82, 2.24) is 10.2 Å². The molecule has 4 nitrogen and oxygen atoms in total. The van der Waals surface area contributed by atoms with Gasteiger partial charge in [-0.1, -0.05) is 11.6 Å². The molecule has 3 aliphatic rings. The van der Waals surface area contributed by atoms with E-state index in [0.717, 1.165) is 48.6 Å². The fourth-order valence-corrected chi connectivity index (χ4v) is 3.55. The Bertz CT molecular complexity index is 513. The van der Waals surface area contributed by atoms with Gasteiger partial charge in [-0.05, 0) is 30.4 Å². The van der Waals surface area contributed by atoms with Crippen LogP contribution >= 0.6 is 11.6 Å². The number of nitrogens with one attached hydrogen (secondary N) is 1. The van der Waals surface area contributed by atoms with Crippen molar-refractivity contribution in [2.24, 2.45) is 5.92 Å². The molecule has 0 spiro atoms. The Morgan fingerprint density at radius 2 is 1.85 bits per heavy atom. The van der Waals surface area contributed by atoms with Crippen LogP contribution in [0.15, 0.2) is 12.1 Å². The zero-order valence-corrected chi connectivity index (χ0v) is 12.2. The van der Waals surface area contributed by atoms with Gasteiger partial charge in [0.25, 0.3) is 0 Å².